The number of fused-ring (bicyclic) bond motifs is 1. The van der Waals surface area contributed by atoms with Gasteiger partial charge in [0, 0.05) is 38.3 Å². The molecule has 0 spiro atoms. The van der Waals surface area contributed by atoms with Crippen molar-refractivity contribution in [2.45, 2.75) is 25.9 Å². The molecule has 138 valence electrons. The van der Waals surface area contributed by atoms with E-state index >= 15 is 0 Å². The van der Waals surface area contributed by atoms with Crippen molar-refractivity contribution >= 4 is 17.5 Å². The minimum Gasteiger partial charge on any atom is -0.454 e. The molecule has 0 unspecified atom stereocenters. The number of benzene rings is 1. The number of pyridine rings is 1. The van der Waals surface area contributed by atoms with Crippen LogP contribution >= 0.6 is 0 Å². The average molecular weight is 366 g/mol. The minimum absolute atomic E-state index is 0.180. The molecular weight excluding hydrogens is 348 g/mol. The highest BCUT2D eigenvalue weighted by Gasteiger charge is 2.25. The van der Waals surface area contributed by atoms with Crippen molar-refractivity contribution in [1.82, 2.24) is 15.3 Å². The van der Waals surface area contributed by atoms with Gasteiger partial charge in [-0.05, 0) is 29.3 Å². The summed E-state index contributed by atoms with van der Waals surface area (Å²) >= 11 is 0. The first-order chi connectivity index (χ1) is 13.2. The van der Waals surface area contributed by atoms with Gasteiger partial charge in [0.05, 0.1) is 0 Å². The highest BCUT2D eigenvalue weighted by molar-refractivity contribution is 6.39. The van der Waals surface area contributed by atoms with Crippen LogP contribution in [-0.4, -0.2) is 34.2 Å². The van der Waals surface area contributed by atoms with Crippen LogP contribution in [0.3, 0.4) is 0 Å². The molecular formula is C19H18N4O4. The molecule has 0 fully saturated rings. The van der Waals surface area contributed by atoms with Crippen molar-refractivity contribution in [3.63, 3.8) is 0 Å². The number of carbonyl (C=O) groups is 2. The Kier molecular flexibility index (Phi) is 4.69. The Balaban J connectivity index is 1.57. The van der Waals surface area contributed by atoms with Crippen LogP contribution < -0.4 is 14.9 Å². The monoisotopic (exact) mass is 366 g/mol. The Bertz CT molecular complexity index is 898. The molecule has 2 aromatic rings. The maximum Gasteiger partial charge on any atom is 0.270 e. The van der Waals surface area contributed by atoms with Crippen LogP contribution in [0.1, 0.15) is 24.0 Å². The molecule has 2 aliphatic heterocycles. The average Bonchev–Trinajstić information content (AvgIpc) is 3.16. The van der Waals surface area contributed by atoms with Crippen molar-refractivity contribution in [3.8, 4) is 11.5 Å². The van der Waals surface area contributed by atoms with Gasteiger partial charge in [0.25, 0.3) is 5.91 Å². The second-order valence-corrected chi connectivity index (χ2v) is 6.30. The van der Waals surface area contributed by atoms with E-state index in [1.807, 2.05) is 30.3 Å². The molecule has 0 bridgehead atoms. The smallest absolute Gasteiger partial charge is 0.270 e. The molecule has 3 heterocycles. The van der Waals surface area contributed by atoms with Crippen molar-refractivity contribution in [1.29, 1.82) is 0 Å². The third-order valence-corrected chi connectivity index (χ3v) is 4.35. The lowest BCUT2D eigenvalue weighted by Gasteiger charge is -2.24. The predicted molar refractivity (Wildman–Crippen MR) is 95.9 cm³/mol. The maximum atomic E-state index is 13.0. The zero-order valence-electron chi connectivity index (χ0n) is 14.6. The van der Waals surface area contributed by atoms with Crippen LogP contribution in [0.5, 0.6) is 11.5 Å². The van der Waals surface area contributed by atoms with Gasteiger partial charge in [-0.25, -0.2) is 5.43 Å². The Morgan fingerprint density at radius 3 is 2.74 bits per heavy atom. The van der Waals surface area contributed by atoms with Gasteiger partial charge in [-0.15, -0.1) is 0 Å². The van der Waals surface area contributed by atoms with E-state index in [0.717, 1.165) is 11.1 Å². The van der Waals surface area contributed by atoms with E-state index in [-0.39, 0.29) is 25.0 Å². The number of ether oxygens (including phenoxy) is 2. The molecule has 1 N–H and O–H groups in total. The lowest BCUT2D eigenvalue weighted by atomic mass is 10.1. The number of carbonyl (C=O) groups excluding carboxylic acids is 2. The van der Waals surface area contributed by atoms with Crippen LogP contribution in [0.2, 0.25) is 0 Å². The zero-order valence-corrected chi connectivity index (χ0v) is 14.6. The van der Waals surface area contributed by atoms with Crippen molar-refractivity contribution in [2.24, 2.45) is 5.10 Å². The van der Waals surface area contributed by atoms with Crippen LogP contribution in [0.25, 0.3) is 0 Å². The number of amides is 2. The Morgan fingerprint density at radius 2 is 1.96 bits per heavy atom. The SMILES string of the molecule is O=C1CCC(C(=O)N(Cc2cccnc2)Cc2ccc3c(c2)OCO3)=NN1. The van der Waals surface area contributed by atoms with E-state index in [1.54, 1.807) is 17.3 Å². The first kappa shape index (κ1) is 17.0. The summed E-state index contributed by atoms with van der Waals surface area (Å²) in [5.74, 6) is 0.976. The maximum absolute atomic E-state index is 13.0. The van der Waals surface area contributed by atoms with Gasteiger partial charge in [0.15, 0.2) is 11.5 Å². The molecule has 8 heteroatoms. The predicted octanol–water partition coefficient (Wildman–Crippen LogP) is 1.61. The zero-order chi connectivity index (χ0) is 18.6. The number of aromatic nitrogens is 1. The third-order valence-electron chi connectivity index (χ3n) is 4.35. The standard InChI is InChI=1S/C19H18N4O4/c24-18-6-4-15(21-22-18)19(25)23(11-14-2-1-7-20-9-14)10-13-3-5-16-17(8-13)27-12-26-16/h1-3,5,7-9H,4,6,10-12H2,(H,22,24). The number of rotatable bonds is 5. The first-order valence-corrected chi connectivity index (χ1v) is 8.61. The minimum atomic E-state index is -0.212. The Hall–Kier alpha value is -3.42. The number of hydrogen-bond donors (Lipinski definition) is 1. The second-order valence-electron chi connectivity index (χ2n) is 6.30. The Morgan fingerprint density at radius 1 is 1.11 bits per heavy atom. The highest BCUT2D eigenvalue weighted by atomic mass is 16.7. The van der Waals surface area contributed by atoms with Gasteiger partial charge in [0.1, 0.15) is 5.71 Å². The van der Waals surface area contributed by atoms with E-state index in [4.69, 9.17) is 9.47 Å². The fourth-order valence-corrected chi connectivity index (χ4v) is 2.98. The van der Waals surface area contributed by atoms with E-state index in [9.17, 15) is 9.59 Å². The lowest BCUT2D eigenvalue weighted by Crippen LogP contribution is -2.39. The fraction of sp³-hybridized carbons (Fsp3) is 0.263. The summed E-state index contributed by atoms with van der Waals surface area (Å²) < 4.78 is 10.8. The van der Waals surface area contributed by atoms with Crippen LogP contribution in [0.15, 0.2) is 47.8 Å². The van der Waals surface area contributed by atoms with Crippen molar-refractivity contribution in [2.75, 3.05) is 6.79 Å². The fourth-order valence-electron chi connectivity index (χ4n) is 2.98. The van der Waals surface area contributed by atoms with E-state index in [2.05, 4.69) is 15.5 Å². The molecule has 2 aliphatic rings. The third kappa shape index (κ3) is 3.89. The van der Waals surface area contributed by atoms with Crippen LogP contribution in [0.4, 0.5) is 0 Å². The molecule has 0 radical (unpaired) electrons. The normalized spacial score (nSPS) is 15.1. The summed E-state index contributed by atoms with van der Waals surface area (Å²) in [4.78, 5) is 30.1. The summed E-state index contributed by atoms with van der Waals surface area (Å²) in [7, 11) is 0. The van der Waals surface area contributed by atoms with Crippen molar-refractivity contribution < 1.29 is 19.1 Å². The lowest BCUT2D eigenvalue weighted by molar-refractivity contribution is -0.125. The molecule has 27 heavy (non-hydrogen) atoms. The molecule has 0 atom stereocenters. The van der Waals surface area contributed by atoms with Crippen molar-refractivity contribution in [3.05, 3.63) is 53.9 Å². The molecule has 0 aliphatic carbocycles. The quantitative estimate of drug-likeness (QED) is 0.868. The summed E-state index contributed by atoms with van der Waals surface area (Å²) in [6.45, 7) is 0.957. The molecule has 0 saturated carbocycles. The summed E-state index contributed by atoms with van der Waals surface area (Å²) in [6.07, 6.45) is 4.00. The largest absolute Gasteiger partial charge is 0.454 e. The highest BCUT2D eigenvalue weighted by Crippen LogP contribution is 2.33. The van der Waals surface area contributed by atoms with E-state index < -0.39 is 0 Å². The van der Waals surface area contributed by atoms with Gasteiger partial charge in [0.2, 0.25) is 12.7 Å². The number of hydrazone groups is 1. The molecule has 1 aromatic heterocycles. The van der Waals surface area contributed by atoms with Crippen LogP contribution in [0, 0.1) is 0 Å². The number of nitrogens with zero attached hydrogens (tertiary/aromatic N) is 3. The molecule has 0 saturated heterocycles. The topological polar surface area (TPSA) is 93.1 Å². The number of nitrogens with one attached hydrogen (secondary N) is 1. The molecule has 8 nitrogen and oxygen atoms in total. The van der Waals surface area contributed by atoms with Crippen LogP contribution in [-0.2, 0) is 22.7 Å². The van der Waals surface area contributed by atoms with E-state index in [1.165, 1.54) is 0 Å². The van der Waals surface area contributed by atoms with E-state index in [0.29, 0.717) is 36.7 Å². The van der Waals surface area contributed by atoms with Gasteiger partial charge >= 0.3 is 0 Å². The summed E-state index contributed by atoms with van der Waals surface area (Å²) in [6, 6.07) is 9.36. The Labute approximate surface area is 155 Å². The van der Waals surface area contributed by atoms with Gasteiger partial charge in [-0.3, -0.25) is 14.6 Å². The molecule has 1 aromatic carbocycles. The molecule has 4 rings (SSSR count). The molecule has 2 amide bonds. The van der Waals surface area contributed by atoms with Gasteiger partial charge < -0.3 is 14.4 Å². The summed E-state index contributed by atoms with van der Waals surface area (Å²) in [5, 5.41) is 3.94. The summed E-state index contributed by atoms with van der Waals surface area (Å²) in [5.41, 5.74) is 4.55. The first-order valence-electron chi connectivity index (χ1n) is 8.61. The second kappa shape index (κ2) is 7.45. The van der Waals surface area contributed by atoms with Gasteiger partial charge in [-0.2, -0.15) is 5.10 Å². The number of hydrogen-bond acceptors (Lipinski definition) is 6. The van der Waals surface area contributed by atoms with Gasteiger partial charge in [-0.1, -0.05) is 12.1 Å².